The van der Waals surface area contributed by atoms with Crippen LogP contribution < -0.4 is 5.73 Å². The number of nitrogens with two attached hydrogens (primary N) is 1. The van der Waals surface area contributed by atoms with Crippen molar-refractivity contribution in [3.63, 3.8) is 0 Å². The highest BCUT2D eigenvalue weighted by atomic mass is 35.5. The molecule has 1 aromatic carbocycles. The molecule has 72 valence electrons. The lowest BCUT2D eigenvalue weighted by Gasteiger charge is -2.08. The van der Waals surface area contributed by atoms with Crippen LogP contribution >= 0.6 is 23.2 Å². The Bertz CT molecular complexity index is 271. The van der Waals surface area contributed by atoms with Crippen molar-refractivity contribution in [2.75, 3.05) is 6.61 Å². The molecule has 1 unspecified atom stereocenters. The van der Waals surface area contributed by atoms with Crippen LogP contribution in [0.3, 0.4) is 0 Å². The minimum absolute atomic E-state index is 0.0376. The summed E-state index contributed by atoms with van der Waals surface area (Å²) in [5.74, 6) is 0. The lowest BCUT2D eigenvalue weighted by atomic mass is 10.1. The van der Waals surface area contributed by atoms with Crippen molar-refractivity contribution in [1.82, 2.24) is 0 Å². The van der Waals surface area contributed by atoms with Crippen LogP contribution in [0, 0.1) is 0 Å². The lowest BCUT2D eigenvalue weighted by molar-refractivity contribution is 0.265. The summed E-state index contributed by atoms with van der Waals surface area (Å²) in [7, 11) is 0. The van der Waals surface area contributed by atoms with Crippen LogP contribution in [0.2, 0.25) is 10.0 Å². The summed E-state index contributed by atoms with van der Waals surface area (Å²) in [6.07, 6.45) is 0.580. The summed E-state index contributed by atoms with van der Waals surface area (Å²) in [6, 6.07) is 5.00. The number of aliphatic hydroxyl groups excluding tert-OH is 1. The van der Waals surface area contributed by atoms with Crippen molar-refractivity contribution < 1.29 is 5.11 Å². The molecule has 0 spiro atoms. The number of rotatable bonds is 3. The van der Waals surface area contributed by atoms with Gasteiger partial charge in [0.2, 0.25) is 0 Å². The zero-order valence-corrected chi connectivity index (χ0v) is 8.52. The zero-order chi connectivity index (χ0) is 9.84. The fourth-order valence-corrected chi connectivity index (χ4v) is 1.67. The van der Waals surface area contributed by atoms with Crippen LogP contribution in [0.1, 0.15) is 5.56 Å². The van der Waals surface area contributed by atoms with E-state index in [1.807, 2.05) is 0 Å². The van der Waals surface area contributed by atoms with Gasteiger partial charge in [-0.2, -0.15) is 0 Å². The van der Waals surface area contributed by atoms with Gasteiger partial charge in [0.15, 0.2) is 0 Å². The molecule has 0 amide bonds. The summed E-state index contributed by atoms with van der Waals surface area (Å²) >= 11 is 11.6. The molecule has 0 fully saturated rings. The van der Waals surface area contributed by atoms with Crippen LogP contribution in [0.4, 0.5) is 0 Å². The van der Waals surface area contributed by atoms with Crippen LogP contribution in [-0.4, -0.2) is 17.8 Å². The van der Waals surface area contributed by atoms with E-state index in [1.165, 1.54) is 0 Å². The van der Waals surface area contributed by atoms with Gasteiger partial charge in [0, 0.05) is 16.1 Å². The van der Waals surface area contributed by atoms with Crippen LogP contribution in [-0.2, 0) is 6.42 Å². The number of halogens is 2. The topological polar surface area (TPSA) is 46.2 Å². The molecule has 0 aliphatic carbocycles. The molecule has 13 heavy (non-hydrogen) atoms. The molecule has 2 nitrogen and oxygen atoms in total. The molecule has 1 rings (SSSR count). The Hall–Kier alpha value is -0.280. The predicted octanol–water partition coefficient (Wildman–Crippen LogP) is 1.86. The normalized spacial score (nSPS) is 12.9. The van der Waals surface area contributed by atoms with Crippen molar-refractivity contribution in [1.29, 1.82) is 0 Å². The van der Waals surface area contributed by atoms with E-state index in [0.717, 1.165) is 5.56 Å². The quantitative estimate of drug-likeness (QED) is 0.816. The van der Waals surface area contributed by atoms with E-state index in [4.69, 9.17) is 34.0 Å². The van der Waals surface area contributed by atoms with E-state index in [1.54, 1.807) is 18.2 Å². The van der Waals surface area contributed by atoms with E-state index >= 15 is 0 Å². The second-order valence-corrected chi connectivity index (χ2v) is 3.80. The Morgan fingerprint density at radius 2 is 1.77 bits per heavy atom. The second-order valence-electron chi connectivity index (χ2n) is 2.92. The van der Waals surface area contributed by atoms with E-state index < -0.39 is 0 Å². The molecule has 1 atom stereocenters. The van der Waals surface area contributed by atoms with Gasteiger partial charge in [-0.05, 0) is 30.2 Å². The first kappa shape index (κ1) is 10.8. The predicted molar refractivity (Wildman–Crippen MR) is 55.2 cm³/mol. The molecular formula is C9H11Cl2NO. The fraction of sp³-hybridized carbons (Fsp3) is 0.333. The summed E-state index contributed by atoms with van der Waals surface area (Å²) in [4.78, 5) is 0. The van der Waals surface area contributed by atoms with Gasteiger partial charge in [-0.3, -0.25) is 0 Å². The minimum Gasteiger partial charge on any atom is -0.395 e. The number of hydrogen-bond acceptors (Lipinski definition) is 2. The highest BCUT2D eigenvalue weighted by Gasteiger charge is 2.04. The van der Waals surface area contributed by atoms with Gasteiger partial charge in [-0.25, -0.2) is 0 Å². The third-order valence-corrected chi connectivity index (χ3v) is 2.09. The number of hydrogen-bond donors (Lipinski definition) is 2. The average Bonchev–Trinajstić information content (AvgIpc) is 2.02. The van der Waals surface area contributed by atoms with Gasteiger partial charge in [-0.1, -0.05) is 23.2 Å². The van der Waals surface area contributed by atoms with Gasteiger partial charge in [-0.15, -0.1) is 0 Å². The molecular weight excluding hydrogens is 209 g/mol. The van der Waals surface area contributed by atoms with Crippen LogP contribution in [0.5, 0.6) is 0 Å². The Kier molecular flexibility index (Phi) is 4.00. The number of benzene rings is 1. The van der Waals surface area contributed by atoms with Gasteiger partial charge in [0.25, 0.3) is 0 Å². The minimum atomic E-state index is -0.255. The smallest absolute Gasteiger partial charge is 0.0585 e. The molecule has 0 aliphatic heterocycles. The Morgan fingerprint density at radius 1 is 1.23 bits per heavy atom. The SMILES string of the molecule is NC(CO)Cc1cc(Cl)cc(Cl)c1. The standard InChI is InChI=1S/C9H11Cl2NO/c10-7-1-6(2-8(11)4-7)3-9(12)5-13/h1-2,4,9,13H,3,5,12H2. The Labute approximate surface area is 87.3 Å². The van der Waals surface area contributed by atoms with E-state index in [0.29, 0.717) is 16.5 Å². The zero-order valence-electron chi connectivity index (χ0n) is 7.00. The fourth-order valence-electron chi connectivity index (χ4n) is 1.10. The molecule has 0 aromatic heterocycles. The lowest BCUT2D eigenvalue weighted by Crippen LogP contribution is -2.26. The highest BCUT2D eigenvalue weighted by Crippen LogP contribution is 2.19. The summed E-state index contributed by atoms with van der Waals surface area (Å²) < 4.78 is 0. The van der Waals surface area contributed by atoms with Crippen molar-refractivity contribution in [3.05, 3.63) is 33.8 Å². The first-order valence-corrected chi connectivity index (χ1v) is 4.69. The van der Waals surface area contributed by atoms with Crippen LogP contribution in [0.25, 0.3) is 0 Å². The highest BCUT2D eigenvalue weighted by molar-refractivity contribution is 6.34. The summed E-state index contributed by atoms with van der Waals surface area (Å²) in [6.45, 7) is -0.0376. The van der Waals surface area contributed by atoms with Crippen molar-refractivity contribution in [2.45, 2.75) is 12.5 Å². The van der Waals surface area contributed by atoms with Crippen molar-refractivity contribution in [3.8, 4) is 0 Å². The Morgan fingerprint density at radius 3 is 2.23 bits per heavy atom. The van der Waals surface area contributed by atoms with Gasteiger partial charge < -0.3 is 10.8 Å². The monoisotopic (exact) mass is 219 g/mol. The largest absolute Gasteiger partial charge is 0.395 e. The molecule has 0 aliphatic rings. The molecule has 0 radical (unpaired) electrons. The molecule has 4 heteroatoms. The summed E-state index contributed by atoms with van der Waals surface area (Å²) in [5.41, 5.74) is 6.51. The molecule has 0 heterocycles. The maximum absolute atomic E-state index is 8.74. The molecule has 0 saturated carbocycles. The van der Waals surface area contributed by atoms with E-state index in [-0.39, 0.29) is 12.6 Å². The van der Waals surface area contributed by atoms with Crippen LogP contribution in [0.15, 0.2) is 18.2 Å². The van der Waals surface area contributed by atoms with Gasteiger partial charge in [0.1, 0.15) is 0 Å². The van der Waals surface area contributed by atoms with E-state index in [2.05, 4.69) is 0 Å². The Balaban J connectivity index is 2.77. The third kappa shape index (κ3) is 3.53. The van der Waals surface area contributed by atoms with E-state index in [9.17, 15) is 0 Å². The molecule has 0 saturated heterocycles. The van der Waals surface area contributed by atoms with Gasteiger partial charge in [0.05, 0.1) is 6.61 Å². The number of aliphatic hydroxyl groups is 1. The maximum atomic E-state index is 8.74. The van der Waals surface area contributed by atoms with Crippen molar-refractivity contribution in [2.24, 2.45) is 5.73 Å². The van der Waals surface area contributed by atoms with Crippen molar-refractivity contribution >= 4 is 23.2 Å². The first-order valence-electron chi connectivity index (χ1n) is 3.93. The third-order valence-electron chi connectivity index (χ3n) is 1.65. The molecule has 1 aromatic rings. The van der Waals surface area contributed by atoms with Gasteiger partial charge >= 0.3 is 0 Å². The molecule has 0 bridgehead atoms. The maximum Gasteiger partial charge on any atom is 0.0585 e. The average molecular weight is 220 g/mol. The summed E-state index contributed by atoms with van der Waals surface area (Å²) in [5, 5.41) is 9.92. The molecule has 3 N–H and O–H groups in total. The first-order chi connectivity index (χ1) is 6.11. The second kappa shape index (κ2) is 4.82.